The number of benzene rings is 1. The van der Waals surface area contributed by atoms with Gasteiger partial charge < -0.3 is 30.3 Å². The Hall–Kier alpha value is -2.49. The topological polar surface area (TPSA) is 137 Å². The van der Waals surface area contributed by atoms with Gasteiger partial charge in [-0.1, -0.05) is 13.8 Å². The van der Waals surface area contributed by atoms with Crippen LogP contribution in [0.25, 0.3) is 0 Å². The summed E-state index contributed by atoms with van der Waals surface area (Å²) in [4.78, 5) is 38.0. The lowest BCUT2D eigenvalue weighted by atomic mass is 9.92. The fraction of sp³-hybridized carbons (Fsp3) is 0.571. The minimum Gasteiger partial charge on any atom is -0.497 e. The number of ketones is 1. The standard InChI is InChI=1S/C21H30N2O7/c1-12(2)7-16(18(26)21(10-25)11-30-21)22-20(28)17(9-24)23-19(27)15-6-5-14(29-4)8-13(15)3/h5-6,8,12,16-17,24-25H,7,9-11H2,1-4H3,(H,22,28)(H,23,27)/t16-,17-,21+/m0/s1. The van der Waals surface area contributed by atoms with Crippen molar-refractivity contribution in [1.82, 2.24) is 10.6 Å². The van der Waals surface area contributed by atoms with E-state index in [9.17, 15) is 24.6 Å². The van der Waals surface area contributed by atoms with E-state index in [1.807, 2.05) is 13.8 Å². The van der Waals surface area contributed by atoms with Crippen LogP contribution in [-0.2, 0) is 14.3 Å². The van der Waals surface area contributed by atoms with E-state index < -0.39 is 48.5 Å². The minimum atomic E-state index is -1.27. The Labute approximate surface area is 175 Å². The summed E-state index contributed by atoms with van der Waals surface area (Å²) < 4.78 is 10.2. The first-order chi connectivity index (χ1) is 14.2. The van der Waals surface area contributed by atoms with E-state index in [2.05, 4.69) is 10.6 Å². The number of hydrogen-bond donors (Lipinski definition) is 4. The van der Waals surface area contributed by atoms with Gasteiger partial charge in [-0.05, 0) is 43.0 Å². The molecule has 1 saturated heterocycles. The Morgan fingerprint density at radius 1 is 1.20 bits per heavy atom. The van der Waals surface area contributed by atoms with Crippen LogP contribution in [0.15, 0.2) is 18.2 Å². The molecule has 9 nitrogen and oxygen atoms in total. The number of hydrogen-bond acceptors (Lipinski definition) is 7. The lowest BCUT2D eigenvalue weighted by Gasteiger charge is -2.24. The van der Waals surface area contributed by atoms with Crippen molar-refractivity contribution in [3.05, 3.63) is 29.3 Å². The van der Waals surface area contributed by atoms with Crippen molar-refractivity contribution in [1.29, 1.82) is 0 Å². The summed E-state index contributed by atoms with van der Waals surface area (Å²) in [6.45, 7) is 4.51. The van der Waals surface area contributed by atoms with Crippen LogP contribution >= 0.6 is 0 Å². The highest BCUT2D eigenvalue weighted by Crippen LogP contribution is 2.30. The van der Waals surface area contributed by atoms with E-state index in [4.69, 9.17) is 9.47 Å². The summed E-state index contributed by atoms with van der Waals surface area (Å²) in [6, 6.07) is 2.73. The third kappa shape index (κ3) is 5.56. The van der Waals surface area contributed by atoms with Gasteiger partial charge in [0.1, 0.15) is 11.8 Å². The SMILES string of the molecule is COc1ccc(C(=O)N[C@@H](CO)C(=O)N[C@@H](CC(C)C)C(=O)[C@@]2(CO)CO2)c(C)c1. The molecule has 0 unspecified atom stereocenters. The van der Waals surface area contributed by atoms with Crippen LogP contribution < -0.4 is 15.4 Å². The molecule has 1 aliphatic heterocycles. The zero-order valence-corrected chi connectivity index (χ0v) is 17.7. The molecule has 30 heavy (non-hydrogen) atoms. The molecule has 1 aromatic carbocycles. The monoisotopic (exact) mass is 422 g/mol. The van der Waals surface area contributed by atoms with E-state index >= 15 is 0 Å². The minimum absolute atomic E-state index is 0.0814. The lowest BCUT2D eigenvalue weighted by molar-refractivity contribution is -0.133. The van der Waals surface area contributed by atoms with Crippen LogP contribution in [-0.4, -0.2) is 72.4 Å². The maximum Gasteiger partial charge on any atom is 0.252 e. The van der Waals surface area contributed by atoms with Gasteiger partial charge >= 0.3 is 0 Å². The number of nitrogens with one attached hydrogen (secondary N) is 2. The van der Waals surface area contributed by atoms with Crippen molar-refractivity contribution in [2.75, 3.05) is 26.9 Å². The number of amides is 2. The Morgan fingerprint density at radius 3 is 2.33 bits per heavy atom. The van der Waals surface area contributed by atoms with Gasteiger partial charge in [-0.25, -0.2) is 0 Å². The van der Waals surface area contributed by atoms with Gasteiger partial charge in [-0.15, -0.1) is 0 Å². The van der Waals surface area contributed by atoms with E-state index in [0.29, 0.717) is 23.3 Å². The van der Waals surface area contributed by atoms with Gasteiger partial charge in [-0.3, -0.25) is 14.4 Å². The number of aliphatic hydroxyl groups excluding tert-OH is 2. The molecular weight excluding hydrogens is 392 g/mol. The fourth-order valence-electron chi connectivity index (χ4n) is 3.14. The van der Waals surface area contributed by atoms with E-state index in [-0.39, 0.29) is 12.5 Å². The predicted molar refractivity (Wildman–Crippen MR) is 108 cm³/mol. The number of carbonyl (C=O) groups excluding carboxylic acids is 3. The molecule has 166 valence electrons. The number of Topliss-reactive ketones (excluding diaryl/α,β-unsaturated/α-hetero) is 1. The smallest absolute Gasteiger partial charge is 0.252 e. The maximum absolute atomic E-state index is 12.7. The number of epoxide rings is 1. The van der Waals surface area contributed by atoms with Crippen molar-refractivity contribution in [2.45, 2.75) is 44.9 Å². The zero-order chi connectivity index (χ0) is 22.5. The van der Waals surface area contributed by atoms with Gasteiger partial charge in [0.2, 0.25) is 5.91 Å². The third-order valence-corrected chi connectivity index (χ3v) is 5.02. The van der Waals surface area contributed by atoms with Gasteiger partial charge in [0.15, 0.2) is 11.4 Å². The van der Waals surface area contributed by atoms with Gasteiger partial charge in [-0.2, -0.15) is 0 Å². The highest BCUT2D eigenvalue weighted by atomic mass is 16.6. The fourth-order valence-corrected chi connectivity index (χ4v) is 3.14. The molecule has 1 fully saturated rings. The van der Waals surface area contributed by atoms with Crippen molar-refractivity contribution in [2.24, 2.45) is 5.92 Å². The average molecular weight is 422 g/mol. The molecule has 0 bridgehead atoms. The second kappa shape index (κ2) is 10.0. The van der Waals surface area contributed by atoms with Gasteiger partial charge in [0.05, 0.1) is 33.0 Å². The number of carbonyl (C=O) groups is 3. The first-order valence-electron chi connectivity index (χ1n) is 9.83. The van der Waals surface area contributed by atoms with Crippen LogP contribution in [0.3, 0.4) is 0 Å². The zero-order valence-electron chi connectivity index (χ0n) is 17.7. The molecule has 0 aromatic heterocycles. The highest BCUT2D eigenvalue weighted by Gasteiger charge is 2.54. The van der Waals surface area contributed by atoms with Crippen LogP contribution in [0.2, 0.25) is 0 Å². The quantitative estimate of drug-likeness (QED) is 0.367. The molecule has 1 aliphatic rings. The average Bonchev–Trinajstić information content (AvgIpc) is 3.51. The molecule has 4 N–H and O–H groups in total. The molecule has 2 amide bonds. The second-order valence-corrected chi connectivity index (χ2v) is 7.89. The van der Waals surface area contributed by atoms with Gasteiger partial charge in [0.25, 0.3) is 5.91 Å². The van der Waals surface area contributed by atoms with Crippen molar-refractivity contribution in [3.8, 4) is 5.75 Å². The molecule has 2 rings (SSSR count). The van der Waals surface area contributed by atoms with Crippen LogP contribution in [0.1, 0.15) is 36.2 Å². The van der Waals surface area contributed by atoms with Crippen molar-refractivity contribution < 1.29 is 34.1 Å². The molecule has 1 aromatic rings. The predicted octanol–water partition coefficient (Wildman–Crippen LogP) is -0.0444. The molecule has 0 radical (unpaired) electrons. The number of aryl methyl sites for hydroxylation is 1. The highest BCUT2D eigenvalue weighted by molar-refractivity contribution is 6.01. The van der Waals surface area contributed by atoms with Crippen LogP contribution in [0.5, 0.6) is 5.75 Å². The molecule has 3 atom stereocenters. The molecular formula is C21H30N2O7. The summed E-state index contributed by atoms with van der Waals surface area (Å²) in [5.41, 5.74) is -0.291. The van der Waals surface area contributed by atoms with Crippen LogP contribution in [0, 0.1) is 12.8 Å². The van der Waals surface area contributed by atoms with Crippen LogP contribution in [0.4, 0.5) is 0 Å². The van der Waals surface area contributed by atoms with E-state index in [0.717, 1.165) is 0 Å². The van der Waals surface area contributed by atoms with Crippen molar-refractivity contribution >= 4 is 17.6 Å². The second-order valence-electron chi connectivity index (χ2n) is 7.89. The molecule has 1 heterocycles. The Bertz CT molecular complexity index is 790. The number of rotatable bonds is 11. The molecule has 9 heteroatoms. The third-order valence-electron chi connectivity index (χ3n) is 5.02. The number of ether oxygens (including phenoxy) is 2. The van der Waals surface area contributed by atoms with Gasteiger partial charge in [0, 0.05) is 5.56 Å². The van der Waals surface area contributed by atoms with Crippen molar-refractivity contribution in [3.63, 3.8) is 0 Å². The first kappa shape index (κ1) is 23.8. The Balaban J connectivity index is 2.09. The Morgan fingerprint density at radius 2 is 1.87 bits per heavy atom. The summed E-state index contributed by atoms with van der Waals surface area (Å²) in [6.07, 6.45) is 0.333. The summed E-state index contributed by atoms with van der Waals surface area (Å²) in [5, 5.41) is 24.2. The lowest BCUT2D eigenvalue weighted by Crippen LogP contribution is -2.55. The molecule has 0 saturated carbocycles. The van der Waals surface area contributed by atoms with E-state index in [1.54, 1.807) is 25.1 Å². The first-order valence-corrected chi connectivity index (χ1v) is 9.83. The summed E-state index contributed by atoms with van der Waals surface area (Å²) in [5.74, 6) is -0.965. The summed E-state index contributed by atoms with van der Waals surface area (Å²) >= 11 is 0. The molecule has 0 aliphatic carbocycles. The number of aliphatic hydroxyl groups is 2. The maximum atomic E-state index is 12.7. The number of methoxy groups -OCH3 is 1. The summed E-state index contributed by atoms with van der Waals surface area (Å²) in [7, 11) is 1.52. The largest absolute Gasteiger partial charge is 0.497 e. The normalized spacial score (nSPS) is 19.7. The molecule has 0 spiro atoms. The van der Waals surface area contributed by atoms with E-state index in [1.165, 1.54) is 7.11 Å². The Kier molecular flexibility index (Phi) is 7.94.